The number of nitrogens with zero attached hydrogens (tertiary/aromatic N) is 4. The van der Waals surface area contributed by atoms with Crippen LogP contribution in [0.4, 0.5) is 5.82 Å². The van der Waals surface area contributed by atoms with Crippen LogP contribution in [0.2, 0.25) is 0 Å². The molecule has 0 N–H and O–H groups in total. The second-order valence-electron chi connectivity index (χ2n) is 5.35. The van der Waals surface area contributed by atoms with Crippen molar-refractivity contribution in [1.82, 2.24) is 9.88 Å². The van der Waals surface area contributed by atoms with Crippen LogP contribution in [0.3, 0.4) is 0 Å². The molecule has 1 aliphatic heterocycles. The smallest absolute Gasteiger partial charge is 0.146 e. The summed E-state index contributed by atoms with van der Waals surface area (Å²) in [6.07, 6.45) is 1.79. The lowest BCUT2D eigenvalue weighted by Crippen LogP contribution is -2.34. The van der Waals surface area contributed by atoms with E-state index in [-0.39, 0.29) is 0 Å². The van der Waals surface area contributed by atoms with Crippen LogP contribution in [0.5, 0.6) is 0 Å². The summed E-state index contributed by atoms with van der Waals surface area (Å²) in [7, 11) is 4.22. The molecule has 0 radical (unpaired) electrons. The molecule has 2 atom stereocenters. The van der Waals surface area contributed by atoms with Gasteiger partial charge in [-0.1, -0.05) is 6.92 Å². The van der Waals surface area contributed by atoms with E-state index in [1.54, 1.807) is 6.20 Å². The van der Waals surface area contributed by atoms with Gasteiger partial charge in [0.25, 0.3) is 0 Å². The van der Waals surface area contributed by atoms with E-state index in [4.69, 9.17) is 0 Å². The maximum absolute atomic E-state index is 9.27. The number of hydrogen-bond donors (Lipinski definition) is 0. The predicted octanol–water partition coefficient (Wildman–Crippen LogP) is 1.65. The summed E-state index contributed by atoms with van der Waals surface area (Å²) in [5.41, 5.74) is 1.72. The van der Waals surface area contributed by atoms with Gasteiger partial charge in [-0.15, -0.1) is 0 Å². The van der Waals surface area contributed by atoms with Gasteiger partial charge in [0.1, 0.15) is 11.9 Å². The largest absolute Gasteiger partial charge is 0.354 e. The molecule has 0 aliphatic carbocycles. The minimum Gasteiger partial charge on any atom is -0.354 e. The topological polar surface area (TPSA) is 43.2 Å². The highest BCUT2D eigenvalue weighted by molar-refractivity contribution is 5.57. The van der Waals surface area contributed by atoms with Crippen molar-refractivity contribution in [3.05, 3.63) is 23.4 Å². The van der Waals surface area contributed by atoms with Crippen molar-refractivity contribution in [2.24, 2.45) is 5.92 Å². The highest BCUT2D eigenvalue weighted by atomic mass is 15.3. The van der Waals surface area contributed by atoms with Crippen LogP contribution in [-0.4, -0.2) is 43.1 Å². The highest BCUT2D eigenvalue weighted by Crippen LogP contribution is 2.27. The summed E-state index contributed by atoms with van der Waals surface area (Å²) < 4.78 is 0. The molecule has 18 heavy (non-hydrogen) atoms. The zero-order chi connectivity index (χ0) is 13.3. The molecule has 0 aromatic carbocycles. The first-order valence-corrected chi connectivity index (χ1v) is 6.31. The van der Waals surface area contributed by atoms with Crippen LogP contribution in [-0.2, 0) is 0 Å². The van der Waals surface area contributed by atoms with Crippen LogP contribution >= 0.6 is 0 Å². The van der Waals surface area contributed by atoms with Crippen LogP contribution in [0.1, 0.15) is 18.1 Å². The third-order valence-electron chi connectivity index (χ3n) is 3.79. The van der Waals surface area contributed by atoms with Crippen LogP contribution in [0.15, 0.2) is 12.3 Å². The number of rotatable bonds is 2. The molecule has 2 heterocycles. The Morgan fingerprint density at radius 2 is 2.17 bits per heavy atom. The fourth-order valence-electron chi connectivity index (χ4n) is 2.72. The van der Waals surface area contributed by atoms with E-state index in [0.717, 1.165) is 24.5 Å². The zero-order valence-electron chi connectivity index (χ0n) is 11.5. The Labute approximate surface area is 109 Å². The summed E-state index contributed by atoms with van der Waals surface area (Å²) >= 11 is 0. The average molecular weight is 244 g/mol. The van der Waals surface area contributed by atoms with E-state index in [1.165, 1.54) is 0 Å². The Hall–Kier alpha value is -1.60. The third-order valence-corrected chi connectivity index (χ3v) is 3.79. The van der Waals surface area contributed by atoms with Gasteiger partial charge in [0.15, 0.2) is 0 Å². The highest BCUT2D eigenvalue weighted by Gasteiger charge is 2.32. The minimum absolute atomic E-state index is 0.527. The van der Waals surface area contributed by atoms with E-state index >= 15 is 0 Å². The van der Waals surface area contributed by atoms with Gasteiger partial charge >= 0.3 is 0 Å². The predicted molar refractivity (Wildman–Crippen MR) is 72.5 cm³/mol. The molecule has 1 saturated heterocycles. The van der Waals surface area contributed by atoms with E-state index < -0.39 is 0 Å². The number of aromatic nitrogens is 1. The average Bonchev–Trinajstić information content (AvgIpc) is 2.71. The number of likely N-dealkylation sites (N-methyl/N-ethyl adjacent to an activating group) is 1. The summed E-state index contributed by atoms with van der Waals surface area (Å²) in [4.78, 5) is 8.90. The molecule has 0 amide bonds. The number of pyridine rings is 1. The van der Waals surface area contributed by atoms with Gasteiger partial charge in [-0.25, -0.2) is 4.98 Å². The van der Waals surface area contributed by atoms with Crippen LogP contribution < -0.4 is 4.90 Å². The van der Waals surface area contributed by atoms with Gasteiger partial charge < -0.3 is 9.80 Å². The molecule has 2 rings (SSSR count). The second kappa shape index (κ2) is 4.95. The summed E-state index contributed by atoms with van der Waals surface area (Å²) in [5, 5.41) is 9.27. The first kappa shape index (κ1) is 12.8. The minimum atomic E-state index is 0.527. The molecule has 4 heteroatoms. The second-order valence-corrected chi connectivity index (χ2v) is 5.35. The van der Waals surface area contributed by atoms with E-state index in [9.17, 15) is 5.26 Å². The lowest BCUT2D eigenvalue weighted by atomic mass is 10.1. The van der Waals surface area contributed by atoms with E-state index in [0.29, 0.717) is 17.5 Å². The van der Waals surface area contributed by atoms with Crippen molar-refractivity contribution in [3.63, 3.8) is 0 Å². The molecule has 0 spiro atoms. The van der Waals surface area contributed by atoms with Gasteiger partial charge in [-0.2, -0.15) is 5.26 Å². The molecular weight excluding hydrogens is 224 g/mol. The van der Waals surface area contributed by atoms with Gasteiger partial charge in [0.2, 0.25) is 0 Å². The summed E-state index contributed by atoms with van der Waals surface area (Å²) in [6, 6.07) is 4.70. The molecule has 2 unspecified atom stereocenters. The maximum Gasteiger partial charge on any atom is 0.146 e. The molecule has 0 bridgehead atoms. The normalized spacial score (nSPS) is 23.4. The zero-order valence-corrected chi connectivity index (χ0v) is 11.5. The first-order chi connectivity index (χ1) is 8.54. The van der Waals surface area contributed by atoms with Gasteiger partial charge in [-0.3, -0.25) is 0 Å². The Bertz CT molecular complexity index is 475. The number of hydrogen-bond acceptors (Lipinski definition) is 4. The van der Waals surface area contributed by atoms with Gasteiger partial charge in [-0.05, 0) is 38.6 Å². The molecule has 4 nitrogen and oxygen atoms in total. The Morgan fingerprint density at radius 3 is 2.72 bits per heavy atom. The monoisotopic (exact) mass is 244 g/mol. The summed E-state index contributed by atoms with van der Waals surface area (Å²) in [6.45, 7) is 6.13. The van der Waals surface area contributed by atoms with Crippen molar-refractivity contribution in [2.75, 3.05) is 32.1 Å². The third kappa shape index (κ3) is 2.19. The van der Waals surface area contributed by atoms with Crippen molar-refractivity contribution < 1.29 is 0 Å². The van der Waals surface area contributed by atoms with Crippen molar-refractivity contribution >= 4 is 5.82 Å². The van der Waals surface area contributed by atoms with Gasteiger partial charge in [0.05, 0.1) is 5.56 Å². The van der Waals surface area contributed by atoms with Crippen LogP contribution in [0, 0.1) is 24.2 Å². The standard InChI is InChI=1S/C14H20N4/c1-10-5-6-16-14(12(10)7-15)18-8-11(2)13(9-18)17(3)4/h5-6,11,13H,8-9H2,1-4H3. The molecule has 96 valence electrons. The summed E-state index contributed by atoms with van der Waals surface area (Å²) in [5.74, 6) is 1.43. The Balaban J connectivity index is 2.30. The quantitative estimate of drug-likeness (QED) is 0.793. The Morgan fingerprint density at radius 1 is 1.44 bits per heavy atom. The van der Waals surface area contributed by atoms with Crippen molar-refractivity contribution in [1.29, 1.82) is 5.26 Å². The van der Waals surface area contributed by atoms with E-state index in [1.807, 2.05) is 13.0 Å². The fraction of sp³-hybridized carbons (Fsp3) is 0.571. The number of anilines is 1. The van der Waals surface area contributed by atoms with Crippen molar-refractivity contribution in [2.45, 2.75) is 19.9 Å². The number of nitriles is 1. The molecular formula is C14H20N4. The van der Waals surface area contributed by atoms with E-state index in [2.05, 4.69) is 41.9 Å². The maximum atomic E-state index is 9.27. The lowest BCUT2D eigenvalue weighted by molar-refractivity contribution is 0.266. The van der Waals surface area contributed by atoms with Gasteiger partial charge in [0, 0.05) is 25.3 Å². The molecule has 0 saturated carbocycles. The van der Waals surface area contributed by atoms with Crippen molar-refractivity contribution in [3.8, 4) is 6.07 Å². The molecule has 1 aromatic heterocycles. The SMILES string of the molecule is Cc1ccnc(N2CC(C)C(N(C)C)C2)c1C#N. The molecule has 1 fully saturated rings. The van der Waals surface area contributed by atoms with Crippen LogP contribution in [0.25, 0.3) is 0 Å². The molecule has 1 aliphatic rings. The first-order valence-electron chi connectivity index (χ1n) is 6.31. The lowest BCUT2D eigenvalue weighted by Gasteiger charge is -2.23. The number of aryl methyl sites for hydroxylation is 1. The Kier molecular flexibility index (Phi) is 3.53. The fourth-order valence-corrected chi connectivity index (χ4v) is 2.72. The molecule has 1 aromatic rings.